The van der Waals surface area contributed by atoms with Crippen molar-refractivity contribution in [3.05, 3.63) is 0 Å². The maximum absolute atomic E-state index is 12.3. The van der Waals surface area contributed by atoms with Gasteiger partial charge in [0.05, 0.1) is 39.3 Å². The summed E-state index contributed by atoms with van der Waals surface area (Å²) in [4.78, 5) is 71.2. The lowest BCUT2D eigenvalue weighted by Gasteiger charge is -2.21. The Hall–Kier alpha value is -3.34. The number of hydrogen-bond acceptors (Lipinski definition) is 10. The molecule has 0 fully saturated rings. The summed E-state index contributed by atoms with van der Waals surface area (Å²) in [5.74, 6) is -3.05. The van der Waals surface area contributed by atoms with Gasteiger partial charge in [0.15, 0.2) is 0 Å². The Morgan fingerprint density at radius 3 is 0.973 bits per heavy atom. The minimum atomic E-state index is -0.532. The Balaban J connectivity index is 4.72. The second-order valence-corrected chi connectivity index (χ2v) is 8.18. The molecular formula is C21H39N7O9. The molecule has 0 radical (unpaired) electrons. The van der Waals surface area contributed by atoms with Gasteiger partial charge in [0.25, 0.3) is 0 Å². The van der Waals surface area contributed by atoms with E-state index in [9.17, 15) is 44.4 Å². The van der Waals surface area contributed by atoms with Gasteiger partial charge >= 0.3 is 0 Å². The molecule has 0 aromatic carbocycles. The minimum absolute atomic E-state index is 0.0218. The van der Waals surface area contributed by atoms with E-state index in [0.717, 1.165) is 0 Å². The largest absolute Gasteiger partial charge is 0.355 e. The second-order valence-electron chi connectivity index (χ2n) is 8.18. The molecule has 0 heterocycles. The van der Waals surface area contributed by atoms with Gasteiger partial charge in [0, 0.05) is 40.4 Å². The molecule has 16 heteroatoms. The molecule has 0 unspecified atom stereocenters. The summed E-state index contributed by atoms with van der Waals surface area (Å²) < 4.78 is 0. The Morgan fingerprint density at radius 1 is 0.514 bits per heavy atom. The van der Waals surface area contributed by atoms with Gasteiger partial charge in [-0.25, -0.2) is 15.2 Å². The summed E-state index contributed by atoms with van der Waals surface area (Å²) >= 11 is 0. The average Bonchev–Trinajstić information content (AvgIpc) is 2.81. The number of carbonyl (C=O) groups excluding carboxylic acids is 6. The van der Waals surface area contributed by atoms with Crippen LogP contribution in [0.5, 0.6) is 0 Å². The van der Waals surface area contributed by atoms with Crippen molar-refractivity contribution in [2.75, 3.05) is 58.9 Å². The lowest BCUT2D eigenvalue weighted by molar-refractivity contribution is -0.163. The maximum atomic E-state index is 12.3. The molecule has 212 valence electrons. The summed E-state index contributed by atoms with van der Waals surface area (Å²) in [6.07, 6.45) is 0.854. The number of hydroxylamine groups is 6. The molecule has 0 spiro atoms. The first-order valence-electron chi connectivity index (χ1n) is 11.8. The zero-order valence-electron chi connectivity index (χ0n) is 21.6. The summed E-state index contributed by atoms with van der Waals surface area (Å²) in [5.41, 5.74) is 0. The molecule has 6 amide bonds. The predicted octanol–water partition coefficient (Wildman–Crippen LogP) is -2.48. The molecule has 0 rings (SSSR count). The standard InChI is InChI=1S/C21H39N7O9/c1-16(29)26(35)10-4-7-22-19(32)13-25(14-20(33)23-8-5-11-27(36)17(2)30)15-21(34)24-9-6-12-28(37)18(3)31/h35-37H,4-15H2,1-3H3,(H,22,32)(H,23,33)(H,24,34). The number of nitrogens with zero attached hydrogens (tertiary/aromatic N) is 4. The number of hydrogen-bond donors (Lipinski definition) is 6. The second kappa shape index (κ2) is 18.9. The third kappa shape index (κ3) is 17.7. The van der Waals surface area contributed by atoms with Crippen molar-refractivity contribution < 1.29 is 44.4 Å². The Bertz CT molecular complexity index is 682. The highest BCUT2D eigenvalue weighted by Gasteiger charge is 2.18. The first-order chi connectivity index (χ1) is 17.3. The van der Waals surface area contributed by atoms with Crippen LogP contribution in [0.15, 0.2) is 0 Å². The van der Waals surface area contributed by atoms with Crippen LogP contribution in [0.3, 0.4) is 0 Å². The number of carbonyl (C=O) groups is 6. The topological polar surface area (TPSA) is 212 Å². The van der Waals surface area contributed by atoms with E-state index in [1.807, 2.05) is 0 Å². The molecule has 0 atom stereocenters. The molecule has 0 aromatic heterocycles. The first kappa shape index (κ1) is 33.7. The molecule has 0 bridgehead atoms. The van der Waals surface area contributed by atoms with Crippen LogP contribution < -0.4 is 16.0 Å². The monoisotopic (exact) mass is 533 g/mol. The zero-order valence-corrected chi connectivity index (χ0v) is 21.6. The Morgan fingerprint density at radius 2 is 0.757 bits per heavy atom. The molecule has 37 heavy (non-hydrogen) atoms. The van der Waals surface area contributed by atoms with Crippen molar-refractivity contribution in [2.45, 2.75) is 40.0 Å². The summed E-state index contributed by atoms with van der Waals surface area (Å²) in [6.45, 7) is 3.22. The van der Waals surface area contributed by atoms with Gasteiger partial charge < -0.3 is 16.0 Å². The van der Waals surface area contributed by atoms with Crippen LogP contribution in [-0.2, 0) is 28.8 Å². The van der Waals surface area contributed by atoms with E-state index in [1.54, 1.807) is 0 Å². The molecule has 16 nitrogen and oxygen atoms in total. The highest BCUT2D eigenvalue weighted by molar-refractivity contribution is 5.84. The van der Waals surface area contributed by atoms with Crippen LogP contribution in [0.25, 0.3) is 0 Å². The van der Waals surface area contributed by atoms with E-state index < -0.39 is 35.4 Å². The van der Waals surface area contributed by atoms with Gasteiger partial charge in [-0.05, 0) is 19.3 Å². The van der Waals surface area contributed by atoms with Gasteiger partial charge in [0.2, 0.25) is 35.4 Å². The zero-order chi connectivity index (χ0) is 28.4. The van der Waals surface area contributed by atoms with E-state index in [-0.39, 0.29) is 78.2 Å². The molecule has 0 aliphatic carbocycles. The molecule has 0 saturated heterocycles. The molecule has 0 aromatic rings. The molecule has 0 aliphatic rings. The lowest BCUT2D eigenvalue weighted by Crippen LogP contribution is -2.47. The van der Waals surface area contributed by atoms with Gasteiger partial charge in [-0.2, -0.15) is 0 Å². The van der Waals surface area contributed by atoms with E-state index in [0.29, 0.717) is 15.2 Å². The lowest BCUT2D eigenvalue weighted by atomic mass is 10.3. The maximum Gasteiger partial charge on any atom is 0.242 e. The van der Waals surface area contributed by atoms with Crippen LogP contribution in [-0.4, -0.2) is 130 Å². The fourth-order valence-electron chi connectivity index (χ4n) is 2.79. The Labute approximate surface area is 215 Å². The van der Waals surface area contributed by atoms with E-state index in [4.69, 9.17) is 0 Å². The van der Waals surface area contributed by atoms with Gasteiger partial charge in [-0.3, -0.25) is 49.3 Å². The first-order valence-corrected chi connectivity index (χ1v) is 11.8. The van der Waals surface area contributed by atoms with Crippen molar-refractivity contribution in [1.29, 1.82) is 0 Å². The fraction of sp³-hybridized carbons (Fsp3) is 0.714. The van der Waals surface area contributed by atoms with E-state index >= 15 is 0 Å². The molecular weight excluding hydrogens is 494 g/mol. The molecule has 0 aliphatic heterocycles. The van der Waals surface area contributed by atoms with Crippen LogP contribution in [0, 0.1) is 0 Å². The number of rotatable bonds is 18. The Kier molecular flexibility index (Phi) is 17.2. The van der Waals surface area contributed by atoms with Gasteiger partial charge in [-0.1, -0.05) is 0 Å². The average molecular weight is 534 g/mol. The van der Waals surface area contributed by atoms with Crippen LogP contribution in [0.1, 0.15) is 40.0 Å². The van der Waals surface area contributed by atoms with Crippen molar-refractivity contribution in [2.24, 2.45) is 0 Å². The van der Waals surface area contributed by atoms with Crippen molar-refractivity contribution in [3.63, 3.8) is 0 Å². The third-order valence-electron chi connectivity index (χ3n) is 4.80. The smallest absolute Gasteiger partial charge is 0.242 e. The summed E-state index contributed by atoms with van der Waals surface area (Å²) in [6, 6.07) is 0. The highest BCUT2D eigenvalue weighted by Crippen LogP contribution is 1.93. The SMILES string of the molecule is CC(=O)N(O)CCCNC(=O)CN(CC(=O)NCCCN(O)C(C)=O)CC(=O)NCCCN(O)C(C)=O. The fourth-order valence-corrected chi connectivity index (χ4v) is 2.79. The third-order valence-corrected chi connectivity index (χ3v) is 4.80. The van der Waals surface area contributed by atoms with E-state index in [2.05, 4.69) is 16.0 Å². The van der Waals surface area contributed by atoms with Crippen molar-refractivity contribution in [3.8, 4) is 0 Å². The highest BCUT2D eigenvalue weighted by atomic mass is 16.5. The van der Waals surface area contributed by atoms with Crippen molar-refractivity contribution in [1.82, 2.24) is 36.0 Å². The van der Waals surface area contributed by atoms with Gasteiger partial charge in [0.1, 0.15) is 0 Å². The molecule has 6 N–H and O–H groups in total. The number of amides is 6. The van der Waals surface area contributed by atoms with Crippen molar-refractivity contribution >= 4 is 35.4 Å². The number of nitrogens with one attached hydrogen (secondary N) is 3. The quantitative estimate of drug-likeness (QED) is 0.0620. The normalized spacial score (nSPS) is 10.5. The predicted molar refractivity (Wildman–Crippen MR) is 127 cm³/mol. The van der Waals surface area contributed by atoms with Crippen LogP contribution in [0.4, 0.5) is 0 Å². The minimum Gasteiger partial charge on any atom is -0.355 e. The summed E-state index contributed by atoms with van der Waals surface area (Å²) in [7, 11) is 0. The molecule has 0 saturated carbocycles. The van der Waals surface area contributed by atoms with Gasteiger partial charge in [-0.15, -0.1) is 0 Å². The van der Waals surface area contributed by atoms with Crippen LogP contribution in [0.2, 0.25) is 0 Å². The summed E-state index contributed by atoms with van der Waals surface area (Å²) in [5, 5.41) is 37.3. The van der Waals surface area contributed by atoms with Crippen LogP contribution >= 0.6 is 0 Å². The van der Waals surface area contributed by atoms with E-state index in [1.165, 1.54) is 25.7 Å².